The summed E-state index contributed by atoms with van der Waals surface area (Å²) in [4.78, 5) is 4.05. The zero-order chi connectivity index (χ0) is 16.4. The van der Waals surface area contributed by atoms with Crippen LogP contribution in [0.4, 0.5) is 0 Å². The van der Waals surface area contributed by atoms with Gasteiger partial charge >= 0.3 is 7.82 Å². The first-order chi connectivity index (χ1) is 10.6. The molecule has 0 aromatic heterocycles. The van der Waals surface area contributed by atoms with Gasteiger partial charge in [-0.2, -0.15) is 0 Å². The molecular weight excluding hydrogens is 303 g/mol. The molecule has 1 aliphatic heterocycles. The van der Waals surface area contributed by atoms with E-state index >= 15 is 0 Å². The molecule has 1 rings (SSSR count). The first-order valence-electron chi connectivity index (χ1n) is 8.37. The molecular formula is C15H31N2O4P. The van der Waals surface area contributed by atoms with Crippen molar-refractivity contribution in [2.45, 2.75) is 59.7 Å². The molecule has 1 aliphatic rings. The molecule has 0 aliphatic carbocycles. The molecule has 0 radical (unpaired) electrons. The van der Waals surface area contributed by atoms with Crippen LogP contribution in [0.25, 0.3) is 0 Å². The first-order valence-corrected chi connectivity index (χ1v) is 9.83. The van der Waals surface area contributed by atoms with E-state index in [4.69, 9.17) is 13.6 Å². The molecule has 0 saturated heterocycles. The fraction of sp³-hybridized carbons (Fsp3) is 0.867. The smallest absolute Gasteiger partial charge is 0.334 e. The van der Waals surface area contributed by atoms with Crippen molar-refractivity contribution in [1.82, 2.24) is 9.80 Å². The lowest BCUT2D eigenvalue weighted by Gasteiger charge is -2.33. The second-order valence-corrected chi connectivity index (χ2v) is 6.76. The van der Waals surface area contributed by atoms with Crippen LogP contribution in [-0.4, -0.2) is 42.5 Å². The van der Waals surface area contributed by atoms with Gasteiger partial charge in [-0.25, -0.2) is 9.09 Å². The molecule has 1 unspecified atom stereocenters. The van der Waals surface area contributed by atoms with Crippen molar-refractivity contribution in [2.75, 3.05) is 26.3 Å². The number of phosphoric ester groups is 1. The Balaban J connectivity index is 2.66. The van der Waals surface area contributed by atoms with Crippen molar-refractivity contribution < 1.29 is 18.1 Å². The van der Waals surface area contributed by atoms with E-state index in [1.165, 1.54) is 19.3 Å². The molecule has 1 heterocycles. The van der Waals surface area contributed by atoms with Gasteiger partial charge in [-0.15, -0.1) is 0 Å². The SMILES string of the molecule is CCCCCCN1C=CN(CC)C1OP(=O)(OCC)OCC. The maximum absolute atomic E-state index is 12.6. The lowest BCUT2D eigenvalue weighted by Crippen LogP contribution is -2.40. The molecule has 130 valence electrons. The predicted molar refractivity (Wildman–Crippen MR) is 88.1 cm³/mol. The van der Waals surface area contributed by atoms with Crippen molar-refractivity contribution in [3.8, 4) is 0 Å². The van der Waals surface area contributed by atoms with E-state index in [1.54, 1.807) is 13.8 Å². The van der Waals surface area contributed by atoms with E-state index in [0.717, 1.165) is 19.5 Å². The van der Waals surface area contributed by atoms with Crippen molar-refractivity contribution in [3.63, 3.8) is 0 Å². The summed E-state index contributed by atoms with van der Waals surface area (Å²) in [7, 11) is -3.52. The van der Waals surface area contributed by atoms with Gasteiger partial charge in [0.05, 0.1) is 13.2 Å². The summed E-state index contributed by atoms with van der Waals surface area (Å²) < 4.78 is 28.9. The number of hydrogen-bond donors (Lipinski definition) is 0. The normalized spacial score (nSPS) is 18.5. The highest BCUT2D eigenvalue weighted by Gasteiger charge is 2.36. The van der Waals surface area contributed by atoms with Crippen LogP contribution >= 0.6 is 7.82 Å². The minimum Gasteiger partial charge on any atom is -0.334 e. The Bertz CT molecular complexity index is 369. The average molecular weight is 334 g/mol. The minimum atomic E-state index is -3.52. The van der Waals surface area contributed by atoms with Gasteiger partial charge < -0.3 is 9.80 Å². The van der Waals surface area contributed by atoms with E-state index in [9.17, 15) is 4.57 Å². The maximum atomic E-state index is 12.6. The van der Waals surface area contributed by atoms with Gasteiger partial charge in [0.1, 0.15) is 0 Å². The van der Waals surface area contributed by atoms with Gasteiger partial charge in [0.2, 0.25) is 6.35 Å². The summed E-state index contributed by atoms with van der Waals surface area (Å²) in [5.41, 5.74) is 0. The quantitative estimate of drug-likeness (QED) is 0.395. The van der Waals surface area contributed by atoms with Crippen molar-refractivity contribution in [2.24, 2.45) is 0 Å². The molecule has 0 bridgehead atoms. The third-order valence-corrected chi connectivity index (χ3v) is 5.05. The van der Waals surface area contributed by atoms with Crippen LogP contribution in [0.3, 0.4) is 0 Å². The minimum absolute atomic E-state index is 0.292. The van der Waals surface area contributed by atoms with Gasteiger partial charge in [-0.3, -0.25) is 9.05 Å². The summed E-state index contributed by atoms with van der Waals surface area (Å²) in [5.74, 6) is 0. The Hall–Kier alpha value is -0.550. The van der Waals surface area contributed by atoms with E-state index in [1.807, 2.05) is 24.2 Å². The van der Waals surface area contributed by atoms with Gasteiger partial charge in [0, 0.05) is 25.5 Å². The van der Waals surface area contributed by atoms with Gasteiger partial charge in [-0.1, -0.05) is 26.2 Å². The topological polar surface area (TPSA) is 51.2 Å². The van der Waals surface area contributed by atoms with Crippen molar-refractivity contribution in [1.29, 1.82) is 0 Å². The summed E-state index contributed by atoms with van der Waals surface area (Å²) in [5, 5.41) is 0. The van der Waals surface area contributed by atoms with Crippen molar-refractivity contribution in [3.05, 3.63) is 12.4 Å². The van der Waals surface area contributed by atoms with E-state index < -0.39 is 14.2 Å². The molecule has 22 heavy (non-hydrogen) atoms. The number of hydrogen-bond acceptors (Lipinski definition) is 6. The Morgan fingerprint density at radius 2 is 1.59 bits per heavy atom. The highest BCUT2D eigenvalue weighted by atomic mass is 31.2. The number of nitrogens with zero attached hydrogens (tertiary/aromatic N) is 2. The largest absolute Gasteiger partial charge is 0.478 e. The molecule has 1 atom stereocenters. The summed E-state index contributed by atoms with van der Waals surface area (Å²) in [6, 6.07) is 0. The molecule has 7 heteroatoms. The molecule has 0 fully saturated rings. The lowest BCUT2D eigenvalue weighted by atomic mass is 10.2. The third-order valence-electron chi connectivity index (χ3n) is 3.45. The van der Waals surface area contributed by atoms with E-state index in [0.29, 0.717) is 13.2 Å². The first kappa shape index (κ1) is 19.5. The van der Waals surface area contributed by atoms with E-state index in [-0.39, 0.29) is 0 Å². The average Bonchev–Trinajstić information content (AvgIpc) is 2.86. The highest BCUT2D eigenvalue weighted by molar-refractivity contribution is 7.48. The second kappa shape index (κ2) is 10.3. The Morgan fingerprint density at radius 3 is 2.14 bits per heavy atom. The molecule has 0 amide bonds. The van der Waals surface area contributed by atoms with Crippen LogP contribution in [0.1, 0.15) is 53.4 Å². The van der Waals surface area contributed by atoms with Crippen LogP contribution < -0.4 is 0 Å². The second-order valence-electron chi connectivity index (χ2n) is 5.14. The molecule has 0 N–H and O–H groups in total. The fourth-order valence-electron chi connectivity index (χ4n) is 2.33. The zero-order valence-corrected chi connectivity index (χ0v) is 15.3. The summed E-state index contributed by atoms with van der Waals surface area (Å²) >= 11 is 0. The van der Waals surface area contributed by atoms with Crippen LogP contribution in [0, 0.1) is 0 Å². The van der Waals surface area contributed by atoms with Crippen LogP contribution in [0.15, 0.2) is 12.4 Å². The van der Waals surface area contributed by atoms with Gasteiger partial charge in [0.25, 0.3) is 0 Å². The summed E-state index contributed by atoms with van der Waals surface area (Å²) in [6.45, 7) is 10.0. The fourth-order valence-corrected chi connectivity index (χ4v) is 3.63. The number of unbranched alkanes of at least 4 members (excludes halogenated alkanes) is 3. The van der Waals surface area contributed by atoms with Crippen LogP contribution in [-0.2, 0) is 18.1 Å². The Morgan fingerprint density at radius 1 is 0.955 bits per heavy atom. The van der Waals surface area contributed by atoms with Crippen LogP contribution in [0.2, 0.25) is 0 Å². The van der Waals surface area contributed by atoms with Crippen LogP contribution in [0.5, 0.6) is 0 Å². The Labute approximate surface area is 135 Å². The van der Waals surface area contributed by atoms with Gasteiger partial charge in [-0.05, 0) is 27.2 Å². The van der Waals surface area contributed by atoms with Gasteiger partial charge in [0.15, 0.2) is 0 Å². The molecule has 0 saturated carbocycles. The standard InChI is InChI=1S/C15H31N2O4P/c1-5-9-10-11-12-17-14-13-16(6-2)15(17)21-22(18,19-7-3)20-8-4/h13-15H,5-12H2,1-4H3. The molecule has 0 aromatic rings. The monoisotopic (exact) mass is 334 g/mol. The zero-order valence-electron chi connectivity index (χ0n) is 14.4. The molecule has 0 spiro atoms. The van der Waals surface area contributed by atoms with Crippen molar-refractivity contribution >= 4 is 7.82 Å². The predicted octanol–water partition coefficient (Wildman–Crippen LogP) is 4.16. The Kier molecular flexibility index (Phi) is 9.10. The number of phosphoric acid groups is 1. The number of rotatable bonds is 12. The maximum Gasteiger partial charge on any atom is 0.478 e. The third kappa shape index (κ3) is 5.92. The molecule has 0 aromatic carbocycles. The molecule has 6 nitrogen and oxygen atoms in total. The highest BCUT2D eigenvalue weighted by Crippen LogP contribution is 2.51. The lowest BCUT2D eigenvalue weighted by molar-refractivity contribution is -0.0523. The van der Waals surface area contributed by atoms with E-state index in [2.05, 4.69) is 11.8 Å². The summed E-state index contributed by atoms with van der Waals surface area (Å²) in [6.07, 6.45) is 8.25.